The summed E-state index contributed by atoms with van der Waals surface area (Å²) in [7, 11) is 0. The van der Waals surface area contributed by atoms with Gasteiger partial charge in [0.2, 0.25) is 0 Å². The highest BCUT2D eigenvalue weighted by Gasteiger charge is 2.26. The molecule has 20 heavy (non-hydrogen) atoms. The quantitative estimate of drug-likeness (QED) is 0.589. The molecular weight excluding hydrogens is 248 g/mol. The summed E-state index contributed by atoms with van der Waals surface area (Å²) in [5.41, 5.74) is 5.64. The third-order valence-corrected chi connectivity index (χ3v) is 4.27. The minimum atomic E-state index is 0.197. The van der Waals surface area contributed by atoms with E-state index in [0.29, 0.717) is 5.92 Å². The molecule has 0 bridgehead atoms. The molecule has 3 N–H and O–H groups in total. The van der Waals surface area contributed by atoms with Gasteiger partial charge in [0.15, 0.2) is 0 Å². The Morgan fingerprint density at radius 2 is 2.00 bits per heavy atom. The molecule has 0 fully saturated rings. The van der Waals surface area contributed by atoms with Crippen molar-refractivity contribution in [3.8, 4) is 5.75 Å². The molecule has 112 valence electrons. The summed E-state index contributed by atoms with van der Waals surface area (Å²) in [5, 5.41) is 0. The van der Waals surface area contributed by atoms with Gasteiger partial charge < -0.3 is 4.74 Å². The van der Waals surface area contributed by atoms with Crippen molar-refractivity contribution in [1.29, 1.82) is 0 Å². The van der Waals surface area contributed by atoms with E-state index in [1.54, 1.807) is 0 Å². The first-order chi connectivity index (χ1) is 9.81. The van der Waals surface area contributed by atoms with Gasteiger partial charge in [-0.05, 0) is 37.2 Å². The molecule has 1 heterocycles. The van der Waals surface area contributed by atoms with E-state index in [1.807, 2.05) is 0 Å². The molecule has 0 amide bonds. The second-order valence-electron chi connectivity index (χ2n) is 5.77. The summed E-state index contributed by atoms with van der Waals surface area (Å²) in [6, 6.07) is 6.69. The molecule has 0 aromatic heterocycles. The molecule has 1 unspecified atom stereocenters. The van der Waals surface area contributed by atoms with E-state index in [0.717, 1.165) is 25.2 Å². The van der Waals surface area contributed by atoms with Crippen molar-refractivity contribution in [3.63, 3.8) is 0 Å². The molecule has 3 nitrogen and oxygen atoms in total. The molecule has 0 spiro atoms. The van der Waals surface area contributed by atoms with Crippen LogP contribution in [-0.4, -0.2) is 6.61 Å². The first-order valence-corrected chi connectivity index (χ1v) is 8.02. The number of hydrazine groups is 1. The smallest absolute Gasteiger partial charge is 0.127 e. The minimum Gasteiger partial charge on any atom is -0.493 e. The topological polar surface area (TPSA) is 47.3 Å². The van der Waals surface area contributed by atoms with Gasteiger partial charge in [-0.3, -0.25) is 11.3 Å². The highest BCUT2D eigenvalue weighted by Crippen LogP contribution is 2.38. The van der Waals surface area contributed by atoms with Crippen molar-refractivity contribution in [3.05, 3.63) is 29.3 Å². The molecule has 1 aliphatic heterocycles. The highest BCUT2D eigenvalue weighted by molar-refractivity contribution is 5.44. The molecule has 1 aromatic carbocycles. The summed E-state index contributed by atoms with van der Waals surface area (Å²) in [6.07, 6.45) is 7.02. The third kappa shape index (κ3) is 3.33. The number of nitrogens with two attached hydrogens (primary N) is 1. The maximum Gasteiger partial charge on any atom is 0.127 e. The molecule has 0 saturated heterocycles. The molecule has 0 aliphatic carbocycles. The Balaban J connectivity index is 2.30. The number of hydrogen-bond acceptors (Lipinski definition) is 3. The van der Waals surface area contributed by atoms with Crippen LogP contribution in [0, 0.1) is 5.92 Å². The first-order valence-electron chi connectivity index (χ1n) is 8.02. The molecule has 3 heteroatoms. The Morgan fingerprint density at radius 3 is 2.65 bits per heavy atom. The zero-order valence-electron chi connectivity index (χ0n) is 12.8. The van der Waals surface area contributed by atoms with E-state index >= 15 is 0 Å². The summed E-state index contributed by atoms with van der Waals surface area (Å²) in [4.78, 5) is 0. The Kier molecular flexibility index (Phi) is 5.86. The van der Waals surface area contributed by atoms with Gasteiger partial charge in [0.25, 0.3) is 0 Å². The van der Waals surface area contributed by atoms with E-state index in [9.17, 15) is 0 Å². The zero-order valence-corrected chi connectivity index (χ0v) is 12.8. The average molecular weight is 276 g/mol. The fraction of sp³-hybridized carbons (Fsp3) is 0.647. The van der Waals surface area contributed by atoms with Crippen LogP contribution >= 0.6 is 0 Å². The number of ether oxygens (including phenoxy) is 1. The Hall–Kier alpha value is -1.06. The lowest BCUT2D eigenvalue weighted by Gasteiger charge is -2.30. The Morgan fingerprint density at radius 1 is 1.25 bits per heavy atom. The SMILES string of the molecule is CCCC(CCC)C(NN)c1cccc2c1OCCC2. The number of aryl methyl sites for hydroxylation is 1. The second kappa shape index (κ2) is 7.65. The molecule has 0 radical (unpaired) electrons. The second-order valence-corrected chi connectivity index (χ2v) is 5.77. The average Bonchev–Trinajstić information content (AvgIpc) is 2.49. The van der Waals surface area contributed by atoms with Gasteiger partial charge in [0, 0.05) is 5.56 Å². The van der Waals surface area contributed by atoms with Crippen LogP contribution < -0.4 is 16.0 Å². The molecule has 2 rings (SSSR count). The fourth-order valence-electron chi connectivity index (χ4n) is 3.36. The standard InChI is InChI=1S/C17H28N2O/c1-3-7-13(8-4-2)16(19-18)15-11-5-9-14-10-6-12-20-17(14)15/h5,9,11,13,16,19H,3-4,6-8,10,12,18H2,1-2H3. The molecule has 1 atom stereocenters. The lowest BCUT2D eigenvalue weighted by atomic mass is 9.85. The summed E-state index contributed by atoms with van der Waals surface area (Å²) < 4.78 is 5.95. The minimum absolute atomic E-state index is 0.197. The number of hydrogen-bond donors (Lipinski definition) is 2. The van der Waals surface area contributed by atoms with E-state index in [2.05, 4.69) is 37.5 Å². The number of nitrogens with one attached hydrogen (secondary N) is 1. The number of benzene rings is 1. The fourth-order valence-corrected chi connectivity index (χ4v) is 3.36. The maximum atomic E-state index is 5.95. The molecule has 1 aromatic rings. The van der Waals surface area contributed by atoms with Crippen LogP contribution in [0.5, 0.6) is 5.75 Å². The highest BCUT2D eigenvalue weighted by atomic mass is 16.5. The van der Waals surface area contributed by atoms with Crippen LogP contribution in [0.4, 0.5) is 0 Å². The molecule has 0 saturated carbocycles. The van der Waals surface area contributed by atoms with Gasteiger partial charge in [0.05, 0.1) is 12.6 Å². The van der Waals surface area contributed by atoms with Crippen molar-refractivity contribution in [2.45, 2.75) is 58.4 Å². The maximum absolute atomic E-state index is 5.95. The van der Waals surface area contributed by atoms with Crippen LogP contribution in [0.15, 0.2) is 18.2 Å². The van der Waals surface area contributed by atoms with Crippen molar-refractivity contribution in [1.82, 2.24) is 5.43 Å². The number of rotatable bonds is 7. The van der Waals surface area contributed by atoms with E-state index < -0.39 is 0 Å². The van der Waals surface area contributed by atoms with Crippen LogP contribution in [0.3, 0.4) is 0 Å². The van der Waals surface area contributed by atoms with Crippen LogP contribution in [0.25, 0.3) is 0 Å². The van der Waals surface area contributed by atoms with Crippen molar-refractivity contribution >= 4 is 0 Å². The van der Waals surface area contributed by atoms with Crippen molar-refractivity contribution < 1.29 is 4.74 Å². The van der Waals surface area contributed by atoms with Crippen molar-refractivity contribution in [2.75, 3.05) is 6.61 Å². The van der Waals surface area contributed by atoms with E-state index in [4.69, 9.17) is 10.6 Å². The summed E-state index contributed by atoms with van der Waals surface area (Å²) in [6.45, 7) is 5.31. The molecule has 1 aliphatic rings. The van der Waals surface area contributed by atoms with Gasteiger partial charge in [-0.25, -0.2) is 0 Å². The summed E-state index contributed by atoms with van der Waals surface area (Å²) >= 11 is 0. The van der Waals surface area contributed by atoms with E-state index in [1.165, 1.54) is 36.8 Å². The van der Waals surface area contributed by atoms with Gasteiger partial charge in [0.1, 0.15) is 5.75 Å². The van der Waals surface area contributed by atoms with Gasteiger partial charge >= 0.3 is 0 Å². The van der Waals surface area contributed by atoms with Crippen LogP contribution in [0.1, 0.15) is 63.1 Å². The lowest BCUT2D eigenvalue weighted by Crippen LogP contribution is -2.34. The lowest BCUT2D eigenvalue weighted by molar-refractivity contribution is 0.266. The predicted octanol–water partition coefficient (Wildman–Crippen LogP) is 3.73. The molecular formula is C17H28N2O. The summed E-state index contributed by atoms with van der Waals surface area (Å²) in [5.74, 6) is 7.55. The van der Waals surface area contributed by atoms with Crippen LogP contribution in [-0.2, 0) is 6.42 Å². The van der Waals surface area contributed by atoms with Gasteiger partial charge in [-0.1, -0.05) is 44.9 Å². The van der Waals surface area contributed by atoms with Crippen LogP contribution in [0.2, 0.25) is 0 Å². The monoisotopic (exact) mass is 276 g/mol. The van der Waals surface area contributed by atoms with Crippen molar-refractivity contribution in [2.24, 2.45) is 11.8 Å². The van der Waals surface area contributed by atoms with E-state index in [-0.39, 0.29) is 6.04 Å². The first kappa shape index (κ1) is 15.3. The third-order valence-electron chi connectivity index (χ3n) is 4.27. The number of fused-ring (bicyclic) bond motifs is 1. The van der Waals surface area contributed by atoms with Gasteiger partial charge in [-0.15, -0.1) is 0 Å². The largest absolute Gasteiger partial charge is 0.493 e. The number of para-hydroxylation sites is 1. The zero-order chi connectivity index (χ0) is 14.4. The van der Waals surface area contributed by atoms with Gasteiger partial charge in [-0.2, -0.15) is 0 Å². The Bertz CT molecular complexity index is 413. The Labute approximate surface area is 122 Å². The predicted molar refractivity (Wildman–Crippen MR) is 83.6 cm³/mol. The normalized spacial score (nSPS) is 15.8.